The van der Waals surface area contributed by atoms with E-state index in [0.717, 1.165) is 0 Å². The lowest BCUT2D eigenvalue weighted by Gasteiger charge is -2.14. The first-order valence-corrected chi connectivity index (χ1v) is 6.42. The van der Waals surface area contributed by atoms with E-state index in [9.17, 15) is 23.1 Å². The molecule has 0 fully saturated rings. The highest BCUT2D eigenvalue weighted by molar-refractivity contribution is 9.10. The topological polar surface area (TPSA) is 58.6 Å². The van der Waals surface area contributed by atoms with Crippen LogP contribution >= 0.6 is 15.9 Å². The minimum Gasteiger partial charge on any atom is -0.483 e. The summed E-state index contributed by atoms with van der Waals surface area (Å²) in [5, 5.41) is 11.2. The van der Waals surface area contributed by atoms with Gasteiger partial charge in [-0.15, -0.1) is 0 Å². The van der Waals surface area contributed by atoms with Gasteiger partial charge in [-0.2, -0.15) is 13.2 Å². The fraction of sp³-hybridized carbons (Fsp3) is 0.417. The lowest BCUT2D eigenvalue weighted by Crippen LogP contribution is -2.36. The highest BCUT2D eigenvalue weighted by Gasteiger charge is 2.27. The van der Waals surface area contributed by atoms with E-state index in [1.165, 1.54) is 13.0 Å². The monoisotopic (exact) mass is 355 g/mol. The van der Waals surface area contributed by atoms with Crippen molar-refractivity contribution < 1.29 is 27.8 Å². The Labute approximate surface area is 122 Å². The van der Waals surface area contributed by atoms with Crippen molar-refractivity contribution in [3.8, 4) is 5.75 Å². The normalized spacial score (nSPS) is 12.9. The highest BCUT2D eigenvalue weighted by Crippen LogP contribution is 2.28. The van der Waals surface area contributed by atoms with Crippen LogP contribution in [0.25, 0.3) is 0 Å². The van der Waals surface area contributed by atoms with Crippen LogP contribution < -0.4 is 10.1 Å². The SMILES string of the molecule is C[C@@H](O)c1cc(Br)ccc1OCC(=O)NCC(F)(F)F. The zero-order valence-corrected chi connectivity index (χ0v) is 12.1. The molecule has 0 aliphatic carbocycles. The zero-order valence-electron chi connectivity index (χ0n) is 10.5. The van der Waals surface area contributed by atoms with Crippen LogP contribution in [-0.4, -0.2) is 30.3 Å². The molecule has 0 aliphatic rings. The van der Waals surface area contributed by atoms with Crippen molar-refractivity contribution in [2.24, 2.45) is 0 Å². The summed E-state index contributed by atoms with van der Waals surface area (Å²) < 4.78 is 41.5. The van der Waals surface area contributed by atoms with E-state index in [-0.39, 0.29) is 5.75 Å². The molecular formula is C12H13BrF3NO3. The summed E-state index contributed by atoms with van der Waals surface area (Å²) in [6.07, 6.45) is -5.29. The van der Waals surface area contributed by atoms with Crippen LogP contribution in [0.15, 0.2) is 22.7 Å². The average molecular weight is 356 g/mol. The summed E-state index contributed by atoms with van der Waals surface area (Å²) in [6, 6.07) is 4.76. The molecule has 1 amide bonds. The molecule has 20 heavy (non-hydrogen) atoms. The van der Waals surface area contributed by atoms with Crippen molar-refractivity contribution >= 4 is 21.8 Å². The lowest BCUT2D eigenvalue weighted by atomic mass is 10.1. The van der Waals surface area contributed by atoms with Crippen LogP contribution in [0, 0.1) is 0 Å². The molecule has 0 saturated heterocycles. The second-order valence-corrected chi connectivity index (χ2v) is 4.95. The molecular weight excluding hydrogens is 343 g/mol. The number of alkyl halides is 3. The third-order valence-corrected chi connectivity index (χ3v) is 2.76. The van der Waals surface area contributed by atoms with E-state index in [2.05, 4.69) is 15.9 Å². The second-order valence-electron chi connectivity index (χ2n) is 4.04. The van der Waals surface area contributed by atoms with Crippen LogP contribution in [0.1, 0.15) is 18.6 Å². The van der Waals surface area contributed by atoms with Crippen molar-refractivity contribution in [3.05, 3.63) is 28.2 Å². The molecule has 1 atom stereocenters. The van der Waals surface area contributed by atoms with Crippen molar-refractivity contribution in [3.63, 3.8) is 0 Å². The molecule has 0 saturated carbocycles. The van der Waals surface area contributed by atoms with Gasteiger partial charge >= 0.3 is 6.18 Å². The predicted octanol–water partition coefficient (Wildman–Crippen LogP) is 2.56. The smallest absolute Gasteiger partial charge is 0.405 e. The molecule has 0 bridgehead atoms. The van der Waals surface area contributed by atoms with Crippen molar-refractivity contribution in [1.29, 1.82) is 0 Å². The summed E-state index contributed by atoms with van der Waals surface area (Å²) in [5.74, 6) is -0.646. The number of ether oxygens (including phenoxy) is 1. The Hall–Kier alpha value is -1.28. The maximum Gasteiger partial charge on any atom is 0.405 e. The van der Waals surface area contributed by atoms with Crippen LogP contribution in [-0.2, 0) is 4.79 Å². The molecule has 1 aromatic rings. The van der Waals surface area contributed by atoms with Gasteiger partial charge in [0.25, 0.3) is 5.91 Å². The molecule has 0 spiro atoms. The van der Waals surface area contributed by atoms with Gasteiger partial charge in [0.1, 0.15) is 12.3 Å². The minimum absolute atomic E-state index is 0.241. The number of halogens is 4. The average Bonchev–Trinajstić information content (AvgIpc) is 2.33. The summed E-state index contributed by atoms with van der Waals surface area (Å²) in [5.41, 5.74) is 0.433. The van der Waals surface area contributed by atoms with Crippen molar-refractivity contribution in [2.75, 3.05) is 13.2 Å². The van der Waals surface area contributed by atoms with E-state index in [1.807, 2.05) is 0 Å². The number of nitrogens with one attached hydrogen (secondary N) is 1. The van der Waals surface area contributed by atoms with Gasteiger partial charge in [0.05, 0.1) is 6.10 Å². The predicted molar refractivity (Wildman–Crippen MR) is 69.3 cm³/mol. The molecule has 1 rings (SSSR count). The number of amides is 1. The maximum absolute atomic E-state index is 11.9. The highest BCUT2D eigenvalue weighted by atomic mass is 79.9. The van der Waals surface area contributed by atoms with E-state index >= 15 is 0 Å². The third kappa shape index (κ3) is 5.79. The van der Waals surface area contributed by atoms with Gasteiger partial charge in [0.2, 0.25) is 0 Å². The van der Waals surface area contributed by atoms with E-state index < -0.39 is 31.3 Å². The maximum atomic E-state index is 11.9. The quantitative estimate of drug-likeness (QED) is 0.853. The van der Waals surface area contributed by atoms with Gasteiger partial charge in [-0.3, -0.25) is 4.79 Å². The number of aliphatic hydroxyl groups excluding tert-OH is 1. The van der Waals surface area contributed by atoms with Gasteiger partial charge in [0.15, 0.2) is 6.61 Å². The Balaban J connectivity index is 2.59. The molecule has 112 valence electrons. The standard InChI is InChI=1S/C12H13BrF3NO3/c1-7(18)9-4-8(13)2-3-10(9)20-5-11(19)17-6-12(14,15)16/h2-4,7,18H,5-6H2,1H3,(H,17,19)/t7-/m1/s1. The van der Waals surface area contributed by atoms with Crippen LogP contribution in [0.2, 0.25) is 0 Å². The molecule has 0 unspecified atom stereocenters. The largest absolute Gasteiger partial charge is 0.483 e. The van der Waals surface area contributed by atoms with Gasteiger partial charge in [-0.05, 0) is 25.1 Å². The van der Waals surface area contributed by atoms with Crippen LogP contribution in [0.3, 0.4) is 0 Å². The van der Waals surface area contributed by atoms with Crippen molar-refractivity contribution in [2.45, 2.75) is 19.2 Å². The number of hydrogen-bond donors (Lipinski definition) is 2. The molecule has 1 aromatic carbocycles. The van der Waals surface area contributed by atoms with E-state index in [0.29, 0.717) is 10.0 Å². The molecule has 0 heterocycles. The second kappa shape index (κ2) is 6.94. The summed E-state index contributed by atoms with van der Waals surface area (Å²) in [4.78, 5) is 11.2. The van der Waals surface area contributed by atoms with Gasteiger partial charge in [0, 0.05) is 10.0 Å². The fourth-order valence-corrected chi connectivity index (χ4v) is 1.75. The molecule has 0 radical (unpaired) electrons. The van der Waals surface area contributed by atoms with Gasteiger partial charge < -0.3 is 15.2 Å². The summed E-state index contributed by atoms with van der Waals surface area (Å²) in [7, 11) is 0. The number of rotatable bonds is 5. The Morgan fingerprint density at radius 2 is 2.15 bits per heavy atom. The lowest BCUT2D eigenvalue weighted by molar-refractivity contribution is -0.139. The molecule has 0 aromatic heterocycles. The Morgan fingerprint density at radius 1 is 1.50 bits per heavy atom. The first-order valence-electron chi connectivity index (χ1n) is 5.63. The summed E-state index contributed by atoms with van der Waals surface area (Å²) >= 11 is 3.22. The number of carbonyl (C=O) groups excluding carboxylic acids is 1. The van der Waals surface area contributed by atoms with E-state index in [1.54, 1.807) is 17.4 Å². The Bertz CT molecular complexity index is 478. The van der Waals surface area contributed by atoms with Gasteiger partial charge in [-0.25, -0.2) is 0 Å². The number of benzene rings is 1. The first kappa shape index (κ1) is 16.8. The molecule has 0 aliphatic heterocycles. The summed E-state index contributed by atoms with van der Waals surface area (Å²) in [6.45, 7) is -0.450. The number of hydrogen-bond acceptors (Lipinski definition) is 3. The number of carbonyl (C=O) groups is 1. The fourth-order valence-electron chi connectivity index (χ4n) is 1.37. The molecule has 2 N–H and O–H groups in total. The third-order valence-electron chi connectivity index (χ3n) is 2.27. The van der Waals surface area contributed by atoms with Crippen LogP contribution in [0.4, 0.5) is 13.2 Å². The Kier molecular flexibility index (Phi) is 5.82. The molecule has 8 heteroatoms. The van der Waals surface area contributed by atoms with Crippen molar-refractivity contribution in [1.82, 2.24) is 5.32 Å². The first-order chi connectivity index (χ1) is 9.19. The van der Waals surface area contributed by atoms with Gasteiger partial charge in [-0.1, -0.05) is 15.9 Å². The Morgan fingerprint density at radius 3 is 2.70 bits per heavy atom. The molecule has 4 nitrogen and oxygen atoms in total. The van der Waals surface area contributed by atoms with E-state index in [4.69, 9.17) is 4.74 Å². The number of aliphatic hydroxyl groups is 1. The minimum atomic E-state index is -4.46. The zero-order chi connectivity index (χ0) is 15.3. The van der Waals surface area contributed by atoms with Crippen LogP contribution in [0.5, 0.6) is 5.75 Å².